The molecule has 0 unspecified atom stereocenters. The number of rotatable bonds is 11. The zero-order valence-corrected chi connectivity index (χ0v) is 21.6. The second kappa shape index (κ2) is 12.2. The largest absolute Gasteiger partial charge is 0.433 e. The molecule has 1 aliphatic carbocycles. The molecule has 9 nitrogen and oxygen atoms in total. The average Bonchev–Trinajstić information content (AvgIpc) is 3.60. The molecular formula is C24H27ClF2N4O5S. The van der Waals surface area contributed by atoms with Crippen LogP contribution >= 0.6 is 22.9 Å². The van der Waals surface area contributed by atoms with E-state index >= 15 is 0 Å². The monoisotopic (exact) mass is 556 g/mol. The van der Waals surface area contributed by atoms with Gasteiger partial charge in [-0.05, 0) is 43.7 Å². The van der Waals surface area contributed by atoms with E-state index in [9.17, 15) is 23.2 Å². The molecule has 3 amide bonds. The van der Waals surface area contributed by atoms with E-state index in [0.29, 0.717) is 15.8 Å². The van der Waals surface area contributed by atoms with Crippen LogP contribution in [0.1, 0.15) is 29.4 Å². The van der Waals surface area contributed by atoms with E-state index in [1.165, 1.54) is 23.1 Å². The van der Waals surface area contributed by atoms with Crippen molar-refractivity contribution >= 4 is 52.0 Å². The third-order valence-corrected chi connectivity index (χ3v) is 7.29. The Labute approximate surface area is 221 Å². The Kier molecular flexibility index (Phi) is 8.95. The molecular weight excluding hydrogens is 530 g/mol. The summed E-state index contributed by atoms with van der Waals surface area (Å²) in [5.41, 5.74) is 0.386. The van der Waals surface area contributed by atoms with Crippen LogP contribution in [0.15, 0.2) is 30.3 Å². The number of alkyl halides is 2. The lowest BCUT2D eigenvalue weighted by Crippen LogP contribution is -2.51. The van der Waals surface area contributed by atoms with E-state index in [4.69, 9.17) is 16.3 Å². The molecule has 200 valence electrons. The number of hydrogen-bond acceptors (Lipinski definition) is 7. The van der Waals surface area contributed by atoms with Crippen LogP contribution in [-0.4, -0.2) is 74.2 Å². The first-order chi connectivity index (χ1) is 17.8. The SMILES string of the molecule is CCN(C1CC1)[C@H](CNC(=O)c1ccc(Cl)s1)C(=O)Nc1ccc(N2CCOCC2=O)c(OC(F)F)c1. The molecule has 1 aliphatic heterocycles. The molecule has 4 rings (SSSR count). The molecule has 1 saturated carbocycles. The summed E-state index contributed by atoms with van der Waals surface area (Å²) in [4.78, 5) is 41.9. The maximum atomic E-state index is 13.4. The molecule has 2 aromatic rings. The number of carbonyl (C=O) groups excluding carboxylic acids is 3. The van der Waals surface area contributed by atoms with Gasteiger partial charge in [-0.2, -0.15) is 8.78 Å². The molecule has 1 atom stereocenters. The van der Waals surface area contributed by atoms with Gasteiger partial charge in [-0.25, -0.2) is 0 Å². The number of morpholine rings is 1. The summed E-state index contributed by atoms with van der Waals surface area (Å²) in [5.74, 6) is -1.37. The molecule has 1 aromatic heterocycles. The zero-order chi connectivity index (χ0) is 26.5. The van der Waals surface area contributed by atoms with E-state index in [1.807, 2.05) is 11.8 Å². The van der Waals surface area contributed by atoms with Gasteiger partial charge in [-0.15, -0.1) is 11.3 Å². The van der Waals surface area contributed by atoms with Crippen LogP contribution < -0.4 is 20.3 Å². The number of benzene rings is 1. The summed E-state index contributed by atoms with van der Waals surface area (Å²) >= 11 is 7.06. The van der Waals surface area contributed by atoms with Crippen molar-refractivity contribution in [1.82, 2.24) is 10.2 Å². The van der Waals surface area contributed by atoms with Gasteiger partial charge in [-0.3, -0.25) is 19.3 Å². The minimum Gasteiger partial charge on any atom is -0.433 e. The highest BCUT2D eigenvalue weighted by Crippen LogP contribution is 2.34. The Hall–Kier alpha value is -2.80. The molecule has 0 bridgehead atoms. The number of anilines is 2. The third kappa shape index (κ3) is 6.95. The van der Waals surface area contributed by atoms with Crippen molar-refractivity contribution in [2.75, 3.05) is 43.1 Å². The van der Waals surface area contributed by atoms with Gasteiger partial charge in [-0.1, -0.05) is 18.5 Å². The molecule has 2 heterocycles. The zero-order valence-electron chi connectivity index (χ0n) is 20.0. The maximum Gasteiger partial charge on any atom is 0.387 e. The topological polar surface area (TPSA) is 100 Å². The molecule has 0 radical (unpaired) electrons. The number of likely N-dealkylation sites (N-methyl/N-ethyl adjacent to an activating group) is 1. The van der Waals surface area contributed by atoms with E-state index in [-0.39, 0.29) is 61.3 Å². The minimum atomic E-state index is -3.12. The summed E-state index contributed by atoms with van der Waals surface area (Å²) in [6.07, 6.45) is 1.89. The number of thiophene rings is 1. The van der Waals surface area contributed by atoms with E-state index < -0.39 is 18.6 Å². The molecule has 2 N–H and O–H groups in total. The second-order valence-corrected chi connectivity index (χ2v) is 10.3. The van der Waals surface area contributed by atoms with Gasteiger partial charge in [0.2, 0.25) is 5.91 Å². The lowest BCUT2D eigenvalue weighted by molar-refractivity contribution is -0.126. The normalized spacial score (nSPS) is 16.7. The van der Waals surface area contributed by atoms with Gasteiger partial charge in [0.15, 0.2) is 5.75 Å². The predicted molar refractivity (Wildman–Crippen MR) is 136 cm³/mol. The summed E-state index contributed by atoms with van der Waals surface area (Å²) in [6.45, 7) is -0.272. The van der Waals surface area contributed by atoms with Gasteiger partial charge < -0.3 is 25.0 Å². The van der Waals surface area contributed by atoms with E-state index in [1.54, 1.807) is 12.1 Å². The van der Waals surface area contributed by atoms with Crippen molar-refractivity contribution < 1.29 is 32.6 Å². The molecule has 0 spiro atoms. The number of nitrogens with zero attached hydrogens (tertiary/aromatic N) is 2. The molecule has 2 aliphatic rings. The number of hydrogen-bond donors (Lipinski definition) is 2. The van der Waals surface area contributed by atoms with Gasteiger partial charge >= 0.3 is 6.61 Å². The molecule has 37 heavy (non-hydrogen) atoms. The molecule has 1 aromatic carbocycles. The fraction of sp³-hybridized carbons (Fsp3) is 0.458. The van der Waals surface area contributed by atoms with Gasteiger partial charge in [0.05, 0.1) is 21.5 Å². The fourth-order valence-electron chi connectivity index (χ4n) is 4.22. The standard InChI is InChI=1S/C24H27ClF2N4O5S/c1-2-30(15-4-5-15)17(12-28-23(34)19-7-8-20(25)37-19)22(33)29-14-3-6-16(18(11-14)36-24(26)27)31-9-10-35-13-21(31)32/h3,6-8,11,15,17,24H,2,4-5,9-10,12-13H2,1H3,(H,28,34)(H,29,33)/t17-/m1/s1. The molecule has 13 heteroatoms. The first kappa shape index (κ1) is 27.2. The fourth-order valence-corrected chi connectivity index (χ4v) is 5.18. The lowest BCUT2D eigenvalue weighted by Gasteiger charge is -2.30. The second-order valence-electron chi connectivity index (χ2n) is 8.54. The van der Waals surface area contributed by atoms with Gasteiger partial charge in [0, 0.05) is 30.9 Å². The van der Waals surface area contributed by atoms with Crippen LogP contribution in [-0.2, 0) is 14.3 Å². The lowest BCUT2D eigenvalue weighted by atomic mass is 10.1. The quantitative estimate of drug-likeness (QED) is 0.439. The average molecular weight is 557 g/mol. The number of amides is 3. The van der Waals surface area contributed by atoms with Crippen molar-refractivity contribution in [3.63, 3.8) is 0 Å². The summed E-state index contributed by atoms with van der Waals surface area (Å²) in [6, 6.07) is 7.00. The van der Waals surface area contributed by atoms with Crippen LogP contribution in [0.2, 0.25) is 4.34 Å². The highest BCUT2D eigenvalue weighted by atomic mass is 35.5. The number of ether oxygens (including phenoxy) is 2. The Morgan fingerprint density at radius 1 is 1.30 bits per heavy atom. The summed E-state index contributed by atoms with van der Waals surface area (Å²) in [5, 5.41) is 5.56. The molecule has 2 fully saturated rings. The van der Waals surface area contributed by atoms with Crippen molar-refractivity contribution in [3.8, 4) is 5.75 Å². The Morgan fingerprint density at radius 3 is 2.70 bits per heavy atom. The third-order valence-electron chi connectivity index (χ3n) is 6.06. The van der Waals surface area contributed by atoms with Crippen LogP contribution in [0.3, 0.4) is 0 Å². The predicted octanol–water partition coefficient (Wildman–Crippen LogP) is 3.59. The minimum absolute atomic E-state index is 0.0469. The number of carbonyl (C=O) groups is 3. The van der Waals surface area contributed by atoms with E-state index in [2.05, 4.69) is 15.4 Å². The first-order valence-corrected chi connectivity index (χ1v) is 13.0. The van der Waals surface area contributed by atoms with E-state index in [0.717, 1.165) is 24.2 Å². The van der Waals surface area contributed by atoms with Crippen molar-refractivity contribution in [2.24, 2.45) is 0 Å². The van der Waals surface area contributed by atoms with Crippen LogP contribution in [0.25, 0.3) is 0 Å². The Bertz CT molecular complexity index is 1150. The molecule has 1 saturated heterocycles. The summed E-state index contributed by atoms with van der Waals surface area (Å²) in [7, 11) is 0. The van der Waals surface area contributed by atoms with Crippen molar-refractivity contribution in [3.05, 3.63) is 39.5 Å². The Morgan fingerprint density at radius 2 is 2.08 bits per heavy atom. The van der Waals surface area contributed by atoms with Crippen LogP contribution in [0.5, 0.6) is 5.75 Å². The van der Waals surface area contributed by atoms with Crippen LogP contribution in [0.4, 0.5) is 20.2 Å². The van der Waals surface area contributed by atoms with Crippen molar-refractivity contribution in [2.45, 2.75) is 38.5 Å². The van der Waals surface area contributed by atoms with Crippen LogP contribution in [0, 0.1) is 0 Å². The first-order valence-electron chi connectivity index (χ1n) is 11.8. The summed E-state index contributed by atoms with van der Waals surface area (Å²) < 4.78 is 36.6. The van der Waals surface area contributed by atoms with Crippen molar-refractivity contribution in [1.29, 1.82) is 0 Å². The highest BCUT2D eigenvalue weighted by Gasteiger charge is 2.37. The number of halogens is 3. The highest BCUT2D eigenvalue weighted by molar-refractivity contribution is 7.18. The van der Waals surface area contributed by atoms with Gasteiger partial charge in [0.25, 0.3) is 11.8 Å². The smallest absolute Gasteiger partial charge is 0.387 e. The maximum absolute atomic E-state index is 13.4. The Balaban J connectivity index is 1.52. The number of nitrogens with one attached hydrogen (secondary N) is 2. The van der Waals surface area contributed by atoms with Gasteiger partial charge in [0.1, 0.15) is 12.6 Å².